The summed E-state index contributed by atoms with van der Waals surface area (Å²) in [5.74, 6) is 0. The Morgan fingerprint density at radius 2 is 2.21 bits per heavy atom. The molecule has 2 aromatic rings. The fourth-order valence-corrected chi connectivity index (χ4v) is 1.30. The third-order valence-electron chi connectivity index (χ3n) is 1.99. The van der Waals surface area contributed by atoms with Gasteiger partial charge in [-0.15, -0.1) is 0 Å². The van der Waals surface area contributed by atoms with E-state index in [0.717, 1.165) is 17.7 Å². The van der Waals surface area contributed by atoms with E-state index in [1.165, 1.54) is 0 Å². The van der Waals surface area contributed by atoms with Crippen molar-refractivity contribution in [2.45, 2.75) is 6.92 Å². The van der Waals surface area contributed by atoms with Crippen LogP contribution in [0.3, 0.4) is 0 Å². The van der Waals surface area contributed by atoms with Crippen LogP contribution in [0.1, 0.15) is 16.1 Å². The number of carbonyl (C=O) groups excluding carboxylic acids is 1. The molecule has 0 aliphatic rings. The first-order chi connectivity index (χ1) is 6.79. The molecule has 0 unspecified atom stereocenters. The highest BCUT2D eigenvalue weighted by atomic mass is 16.1. The Kier molecular flexibility index (Phi) is 2.14. The number of aldehydes is 1. The Hall–Kier alpha value is -1.90. The molecule has 0 atom stereocenters. The lowest BCUT2D eigenvalue weighted by Gasteiger charge is -2.00. The van der Waals surface area contributed by atoms with Crippen molar-refractivity contribution < 1.29 is 4.79 Å². The second-order valence-electron chi connectivity index (χ2n) is 3.11. The van der Waals surface area contributed by atoms with E-state index < -0.39 is 0 Å². The van der Waals surface area contributed by atoms with Crippen LogP contribution in [0.15, 0.2) is 36.5 Å². The summed E-state index contributed by atoms with van der Waals surface area (Å²) in [5, 5.41) is 4.26. The Balaban J connectivity index is 2.46. The molecular weight excluding hydrogens is 176 g/mol. The second kappa shape index (κ2) is 3.46. The van der Waals surface area contributed by atoms with Crippen LogP contribution < -0.4 is 0 Å². The van der Waals surface area contributed by atoms with Gasteiger partial charge in [-0.2, -0.15) is 5.10 Å². The van der Waals surface area contributed by atoms with E-state index in [4.69, 9.17) is 0 Å². The predicted molar refractivity (Wildman–Crippen MR) is 53.7 cm³/mol. The van der Waals surface area contributed by atoms with Gasteiger partial charge in [-0.05, 0) is 25.1 Å². The van der Waals surface area contributed by atoms with Gasteiger partial charge >= 0.3 is 0 Å². The lowest BCUT2D eigenvalue weighted by molar-refractivity contribution is 0.112. The van der Waals surface area contributed by atoms with E-state index in [2.05, 4.69) is 5.10 Å². The van der Waals surface area contributed by atoms with Gasteiger partial charge in [0.1, 0.15) is 6.29 Å². The summed E-state index contributed by atoms with van der Waals surface area (Å²) in [6.45, 7) is 1.93. The molecule has 14 heavy (non-hydrogen) atoms. The molecule has 0 spiro atoms. The molecule has 0 fully saturated rings. The van der Waals surface area contributed by atoms with Crippen molar-refractivity contribution in [3.8, 4) is 5.69 Å². The minimum Gasteiger partial charge on any atom is -0.298 e. The normalized spacial score (nSPS) is 10.1. The van der Waals surface area contributed by atoms with Crippen LogP contribution in [0, 0.1) is 6.92 Å². The number of hydrogen-bond donors (Lipinski definition) is 0. The number of carbonyl (C=O) groups is 1. The molecule has 0 bridgehead atoms. The van der Waals surface area contributed by atoms with E-state index in [-0.39, 0.29) is 0 Å². The zero-order valence-electron chi connectivity index (χ0n) is 7.84. The Morgan fingerprint density at radius 1 is 1.36 bits per heavy atom. The number of nitrogens with zero attached hydrogens (tertiary/aromatic N) is 2. The largest absolute Gasteiger partial charge is 0.298 e. The van der Waals surface area contributed by atoms with Gasteiger partial charge in [0.15, 0.2) is 0 Å². The molecule has 0 saturated carbocycles. The van der Waals surface area contributed by atoms with Gasteiger partial charge in [0.2, 0.25) is 0 Å². The highest BCUT2D eigenvalue weighted by molar-refractivity contribution is 5.75. The first-order valence-electron chi connectivity index (χ1n) is 4.37. The van der Waals surface area contributed by atoms with E-state index in [1.807, 2.05) is 31.3 Å². The minimum atomic E-state index is 0.663. The molecule has 0 N–H and O–H groups in total. The molecule has 0 radical (unpaired) electrons. The summed E-state index contributed by atoms with van der Waals surface area (Å²) in [5.41, 5.74) is 2.53. The van der Waals surface area contributed by atoms with Crippen LogP contribution >= 0.6 is 0 Å². The van der Waals surface area contributed by atoms with Crippen LogP contribution in [0.2, 0.25) is 0 Å². The molecule has 1 aromatic heterocycles. The fraction of sp³-hybridized carbons (Fsp3) is 0.0909. The van der Waals surface area contributed by atoms with Crippen LogP contribution in [0.5, 0.6) is 0 Å². The van der Waals surface area contributed by atoms with E-state index in [9.17, 15) is 4.79 Å². The molecule has 3 heteroatoms. The first kappa shape index (κ1) is 8.69. The van der Waals surface area contributed by atoms with Crippen LogP contribution in [0.4, 0.5) is 0 Å². The van der Waals surface area contributed by atoms with Crippen LogP contribution in [0.25, 0.3) is 5.69 Å². The molecule has 2 rings (SSSR count). The van der Waals surface area contributed by atoms with Gasteiger partial charge in [0.25, 0.3) is 0 Å². The maximum atomic E-state index is 10.6. The van der Waals surface area contributed by atoms with Crippen LogP contribution in [-0.4, -0.2) is 16.1 Å². The van der Waals surface area contributed by atoms with Crippen molar-refractivity contribution in [3.05, 3.63) is 47.8 Å². The number of aryl methyl sites for hydroxylation is 1. The molecule has 1 heterocycles. The second-order valence-corrected chi connectivity index (χ2v) is 3.11. The number of hydrogen-bond acceptors (Lipinski definition) is 2. The number of benzene rings is 1. The summed E-state index contributed by atoms with van der Waals surface area (Å²) < 4.78 is 1.75. The van der Waals surface area contributed by atoms with Crippen molar-refractivity contribution in [1.82, 2.24) is 9.78 Å². The molecule has 0 aliphatic carbocycles. The van der Waals surface area contributed by atoms with E-state index in [0.29, 0.717) is 5.56 Å². The van der Waals surface area contributed by atoms with Gasteiger partial charge in [0, 0.05) is 11.8 Å². The summed E-state index contributed by atoms with van der Waals surface area (Å²) in [7, 11) is 0. The quantitative estimate of drug-likeness (QED) is 0.672. The van der Waals surface area contributed by atoms with Crippen molar-refractivity contribution in [2.75, 3.05) is 0 Å². The maximum Gasteiger partial charge on any atom is 0.150 e. The van der Waals surface area contributed by atoms with E-state index in [1.54, 1.807) is 16.8 Å². The highest BCUT2D eigenvalue weighted by Crippen LogP contribution is 2.08. The maximum absolute atomic E-state index is 10.6. The minimum absolute atomic E-state index is 0.663. The molecule has 0 aliphatic heterocycles. The van der Waals surface area contributed by atoms with E-state index >= 15 is 0 Å². The zero-order valence-corrected chi connectivity index (χ0v) is 7.84. The van der Waals surface area contributed by atoms with Crippen molar-refractivity contribution >= 4 is 6.29 Å². The predicted octanol–water partition coefficient (Wildman–Crippen LogP) is 1.99. The SMILES string of the molecule is Cc1ccn(-c2cccc(C=O)c2)n1. The van der Waals surface area contributed by atoms with Gasteiger partial charge in [-0.1, -0.05) is 12.1 Å². The molecule has 0 amide bonds. The summed E-state index contributed by atoms with van der Waals surface area (Å²) in [4.78, 5) is 10.6. The summed E-state index contributed by atoms with van der Waals surface area (Å²) >= 11 is 0. The molecule has 70 valence electrons. The monoisotopic (exact) mass is 186 g/mol. The Morgan fingerprint density at radius 3 is 2.86 bits per heavy atom. The Labute approximate surface area is 82.0 Å². The standard InChI is InChI=1S/C11H10N2O/c1-9-5-6-13(12-9)11-4-2-3-10(7-11)8-14/h2-8H,1H3. The average Bonchev–Trinajstić information content (AvgIpc) is 2.65. The zero-order chi connectivity index (χ0) is 9.97. The lowest BCUT2D eigenvalue weighted by Crippen LogP contribution is -1.95. The third-order valence-corrected chi connectivity index (χ3v) is 1.99. The van der Waals surface area contributed by atoms with Crippen molar-refractivity contribution in [2.24, 2.45) is 0 Å². The Bertz CT molecular complexity index is 460. The lowest BCUT2D eigenvalue weighted by atomic mass is 10.2. The molecule has 1 aromatic carbocycles. The van der Waals surface area contributed by atoms with Crippen molar-refractivity contribution in [1.29, 1.82) is 0 Å². The van der Waals surface area contributed by atoms with Crippen LogP contribution in [-0.2, 0) is 0 Å². The van der Waals surface area contributed by atoms with Gasteiger partial charge < -0.3 is 0 Å². The average molecular weight is 186 g/mol. The molecule has 3 nitrogen and oxygen atoms in total. The number of rotatable bonds is 2. The first-order valence-corrected chi connectivity index (χ1v) is 4.37. The smallest absolute Gasteiger partial charge is 0.150 e. The number of aromatic nitrogens is 2. The summed E-state index contributed by atoms with van der Waals surface area (Å²) in [6, 6.07) is 9.26. The topological polar surface area (TPSA) is 34.9 Å². The van der Waals surface area contributed by atoms with Gasteiger partial charge in [-0.25, -0.2) is 4.68 Å². The molecule has 0 saturated heterocycles. The summed E-state index contributed by atoms with van der Waals surface area (Å²) in [6.07, 6.45) is 2.71. The van der Waals surface area contributed by atoms with Gasteiger partial charge in [0.05, 0.1) is 11.4 Å². The fourth-order valence-electron chi connectivity index (χ4n) is 1.30. The van der Waals surface area contributed by atoms with Crippen molar-refractivity contribution in [3.63, 3.8) is 0 Å². The highest BCUT2D eigenvalue weighted by Gasteiger charge is 1.98. The van der Waals surface area contributed by atoms with Gasteiger partial charge in [-0.3, -0.25) is 4.79 Å². The molecular formula is C11H10N2O. The third kappa shape index (κ3) is 1.57.